The standard InChI is InChI=1S/C23H15FN2O3/c24-17-6-4-16(5-7-17)23-26-19-13-18(8-10-20(19)29-23)25-11-1-2-15-3-9-21-22(12-15)28-14-27-21/h1-13H,14H2. The van der Waals surface area contributed by atoms with E-state index in [1.165, 1.54) is 12.1 Å². The Morgan fingerprint density at radius 1 is 0.931 bits per heavy atom. The number of oxazole rings is 1. The number of benzene rings is 3. The highest BCUT2D eigenvalue weighted by Crippen LogP contribution is 2.32. The van der Waals surface area contributed by atoms with Crippen LogP contribution in [0.4, 0.5) is 10.1 Å². The van der Waals surface area contributed by atoms with Crippen molar-refractivity contribution in [1.29, 1.82) is 0 Å². The van der Waals surface area contributed by atoms with Gasteiger partial charge in [0.05, 0.1) is 5.69 Å². The molecule has 0 spiro atoms. The molecule has 6 heteroatoms. The fraction of sp³-hybridized carbons (Fsp3) is 0.0435. The molecule has 0 bridgehead atoms. The summed E-state index contributed by atoms with van der Waals surface area (Å²) in [4.78, 5) is 8.91. The number of allylic oxidation sites excluding steroid dienone is 1. The summed E-state index contributed by atoms with van der Waals surface area (Å²) in [6.45, 7) is 0.261. The van der Waals surface area contributed by atoms with Crippen LogP contribution in [0.2, 0.25) is 0 Å². The summed E-state index contributed by atoms with van der Waals surface area (Å²) in [5.74, 6) is 1.66. The molecule has 0 amide bonds. The molecule has 0 unspecified atom stereocenters. The van der Waals surface area contributed by atoms with Gasteiger partial charge in [-0.25, -0.2) is 9.37 Å². The number of aliphatic imine (C=N–C) groups is 1. The van der Waals surface area contributed by atoms with E-state index >= 15 is 0 Å². The first-order valence-electron chi connectivity index (χ1n) is 9.01. The Balaban J connectivity index is 1.33. The number of halogens is 1. The van der Waals surface area contributed by atoms with Crippen LogP contribution in [0.3, 0.4) is 0 Å². The van der Waals surface area contributed by atoms with Gasteiger partial charge in [-0.05, 0) is 66.2 Å². The van der Waals surface area contributed by atoms with E-state index < -0.39 is 0 Å². The van der Waals surface area contributed by atoms with Gasteiger partial charge < -0.3 is 13.9 Å². The molecule has 5 nitrogen and oxygen atoms in total. The van der Waals surface area contributed by atoms with Crippen molar-refractivity contribution in [3.8, 4) is 23.0 Å². The molecule has 142 valence electrons. The van der Waals surface area contributed by atoms with E-state index in [0.717, 1.165) is 28.3 Å². The molecule has 1 aliphatic rings. The SMILES string of the molecule is Fc1ccc(-c2nc3cc(N=CC=Cc4ccc5c(c4)OCO5)ccc3o2)cc1. The van der Waals surface area contributed by atoms with Crippen LogP contribution in [-0.2, 0) is 0 Å². The lowest BCUT2D eigenvalue weighted by molar-refractivity contribution is 0.174. The van der Waals surface area contributed by atoms with Gasteiger partial charge in [0.15, 0.2) is 17.1 Å². The first-order chi connectivity index (χ1) is 14.2. The molecule has 0 radical (unpaired) electrons. The zero-order valence-electron chi connectivity index (χ0n) is 15.2. The summed E-state index contributed by atoms with van der Waals surface area (Å²) in [6, 6.07) is 17.3. The average molecular weight is 386 g/mol. The number of aromatic nitrogens is 1. The van der Waals surface area contributed by atoms with Crippen LogP contribution >= 0.6 is 0 Å². The van der Waals surface area contributed by atoms with Crippen LogP contribution < -0.4 is 9.47 Å². The minimum atomic E-state index is -0.296. The third-order valence-electron chi connectivity index (χ3n) is 4.46. The number of fused-ring (bicyclic) bond motifs is 2. The van der Waals surface area contributed by atoms with Crippen molar-refractivity contribution in [3.63, 3.8) is 0 Å². The molecule has 2 heterocycles. The Kier molecular flexibility index (Phi) is 4.29. The second-order valence-electron chi connectivity index (χ2n) is 6.43. The predicted octanol–water partition coefficient (Wildman–Crippen LogP) is 5.78. The Hall–Kier alpha value is -3.93. The maximum Gasteiger partial charge on any atom is 0.231 e. The normalized spacial score (nSPS) is 13.1. The van der Waals surface area contributed by atoms with Crippen LogP contribution in [0.25, 0.3) is 28.6 Å². The van der Waals surface area contributed by atoms with Gasteiger partial charge in [-0.15, -0.1) is 0 Å². The summed E-state index contributed by atoms with van der Waals surface area (Å²) in [7, 11) is 0. The van der Waals surface area contributed by atoms with Crippen LogP contribution in [0, 0.1) is 5.82 Å². The smallest absolute Gasteiger partial charge is 0.231 e. The lowest BCUT2D eigenvalue weighted by Crippen LogP contribution is -1.92. The maximum absolute atomic E-state index is 13.1. The zero-order valence-corrected chi connectivity index (χ0v) is 15.2. The summed E-state index contributed by atoms with van der Waals surface area (Å²) >= 11 is 0. The first-order valence-corrected chi connectivity index (χ1v) is 9.01. The van der Waals surface area contributed by atoms with Gasteiger partial charge in [-0.3, -0.25) is 4.99 Å². The second kappa shape index (κ2) is 7.24. The van der Waals surface area contributed by atoms with Gasteiger partial charge in [0, 0.05) is 11.8 Å². The van der Waals surface area contributed by atoms with E-state index in [0.29, 0.717) is 17.0 Å². The molecule has 0 saturated heterocycles. The van der Waals surface area contributed by atoms with Gasteiger partial charge in [0.25, 0.3) is 0 Å². The van der Waals surface area contributed by atoms with Crippen LogP contribution in [0.1, 0.15) is 5.56 Å². The molecule has 3 aromatic carbocycles. The quantitative estimate of drug-likeness (QED) is 0.417. The highest BCUT2D eigenvalue weighted by Gasteiger charge is 2.12. The van der Waals surface area contributed by atoms with Crippen LogP contribution in [0.15, 0.2) is 76.1 Å². The molecule has 5 rings (SSSR count). The number of ether oxygens (including phenoxy) is 2. The Morgan fingerprint density at radius 2 is 1.79 bits per heavy atom. The number of hydrogen-bond donors (Lipinski definition) is 0. The van der Waals surface area contributed by atoms with Gasteiger partial charge in [-0.2, -0.15) is 0 Å². The van der Waals surface area contributed by atoms with Crippen molar-refractivity contribution in [2.75, 3.05) is 6.79 Å². The molecule has 0 atom stereocenters. The molecule has 0 N–H and O–H groups in total. The molecule has 4 aromatic rings. The van der Waals surface area contributed by atoms with E-state index in [2.05, 4.69) is 9.98 Å². The van der Waals surface area contributed by atoms with Gasteiger partial charge >= 0.3 is 0 Å². The van der Waals surface area contributed by atoms with Crippen molar-refractivity contribution in [2.45, 2.75) is 0 Å². The van der Waals surface area contributed by atoms with Gasteiger partial charge in [0.1, 0.15) is 11.3 Å². The van der Waals surface area contributed by atoms with Crippen molar-refractivity contribution < 1.29 is 18.3 Å². The Morgan fingerprint density at radius 3 is 2.69 bits per heavy atom. The third kappa shape index (κ3) is 3.60. The average Bonchev–Trinajstić information content (AvgIpc) is 3.37. The van der Waals surface area contributed by atoms with E-state index in [1.807, 2.05) is 48.6 Å². The lowest BCUT2D eigenvalue weighted by atomic mass is 10.2. The minimum absolute atomic E-state index is 0.261. The fourth-order valence-electron chi connectivity index (χ4n) is 3.01. The summed E-state index contributed by atoms with van der Waals surface area (Å²) in [5, 5.41) is 0. The molecule has 1 aromatic heterocycles. The van der Waals surface area contributed by atoms with Crippen molar-refractivity contribution in [1.82, 2.24) is 4.98 Å². The third-order valence-corrected chi connectivity index (χ3v) is 4.46. The molecule has 0 saturated carbocycles. The summed E-state index contributed by atoms with van der Waals surface area (Å²) in [6.07, 6.45) is 5.51. The highest BCUT2D eigenvalue weighted by atomic mass is 19.1. The maximum atomic E-state index is 13.1. The molecular formula is C23H15FN2O3. The largest absolute Gasteiger partial charge is 0.454 e. The van der Waals surface area contributed by atoms with Gasteiger partial charge in [0.2, 0.25) is 12.7 Å². The fourth-order valence-corrected chi connectivity index (χ4v) is 3.01. The molecular weight excluding hydrogens is 371 g/mol. The number of rotatable bonds is 4. The predicted molar refractivity (Wildman–Crippen MR) is 109 cm³/mol. The molecule has 29 heavy (non-hydrogen) atoms. The van der Waals surface area contributed by atoms with Crippen LogP contribution in [-0.4, -0.2) is 18.0 Å². The van der Waals surface area contributed by atoms with Crippen molar-refractivity contribution in [2.24, 2.45) is 4.99 Å². The molecule has 0 fully saturated rings. The van der Waals surface area contributed by atoms with E-state index in [-0.39, 0.29) is 12.6 Å². The van der Waals surface area contributed by atoms with Crippen molar-refractivity contribution >= 4 is 29.1 Å². The first kappa shape index (κ1) is 17.2. The minimum Gasteiger partial charge on any atom is -0.454 e. The monoisotopic (exact) mass is 386 g/mol. The van der Waals surface area contributed by atoms with Gasteiger partial charge in [-0.1, -0.05) is 12.1 Å². The zero-order chi connectivity index (χ0) is 19.6. The number of hydrogen-bond acceptors (Lipinski definition) is 5. The lowest BCUT2D eigenvalue weighted by Gasteiger charge is -1.96. The van der Waals surface area contributed by atoms with E-state index in [9.17, 15) is 4.39 Å². The molecule has 0 aliphatic carbocycles. The van der Waals surface area contributed by atoms with Crippen LogP contribution in [0.5, 0.6) is 11.5 Å². The van der Waals surface area contributed by atoms with E-state index in [4.69, 9.17) is 13.9 Å². The Bertz CT molecular complexity index is 1240. The summed E-state index contributed by atoms with van der Waals surface area (Å²) in [5.41, 5.74) is 3.82. The number of nitrogens with zero attached hydrogens (tertiary/aromatic N) is 2. The second-order valence-corrected chi connectivity index (χ2v) is 6.43. The highest BCUT2D eigenvalue weighted by molar-refractivity contribution is 5.84. The van der Waals surface area contributed by atoms with E-state index in [1.54, 1.807) is 18.3 Å². The Labute approximate surface area is 165 Å². The van der Waals surface area contributed by atoms with Crippen molar-refractivity contribution in [3.05, 3.63) is 78.1 Å². The molecule has 1 aliphatic heterocycles. The topological polar surface area (TPSA) is 56.9 Å². The summed E-state index contributed by atoms with van der Waals surface area (Å²) < 4.78 is 29.5.